The van der Waals surface area contributed by atoms with E-state index < -0.39 is 11.9 Å². The van der Waals surface area contributed by atoms with E-state index in [1.165, 1.54) is 0 Å². The molecule has 1 aromatic carbocycles. The van der Waals surface area contributed by atoms with Crippen LogP contribution in [-0.4, -0.2) is 23.5 Å². The number of amides is 1. The number of carbonyl (C=O) groups excluding carboxylic acids is 2. The molecule has 0 fully saturated rings. The summed E-state index contributed by atoms with van der Waals surface area (Å²) in [5.41, 5.74) is 6.62. The quantitative estimate of drug-likeness (QED) is 0.820. The lowest BCUT2D eigenvalue weighted by Crippen LogP contribution is -2.11. The van der Waals surface area contributed by atoms with Gasteiger partial charge in [0.1, 0.15) is 11.4 Å². The molecule has 3 N–H and O–H groups in total. The van der Waals surface area contributed by atoms with E-state index >= 15 is 0 Å². The van der Waals surface area contributed by atoms with Crippen molar-refractivity contribution in [2.24, 2.45) is 5.73 Å². The van der Waals surface area contributed by atoms with Crippen LogP contribution in [0, 0.1) is 0 Å². The Morgan fingerprint density at radius 1 is 1.24 bits per heavy atom. The maximum Gasteiger partial charge on any atom is 0.341 e. The van der Waals surface area contributed by atoms with Gasteiger partial charge >= 0.3 is 5.97 Å². The second kappa shape index (κ2) is 6.51. The third kappa shape index (κ3) is 3.56. The minimum Gasteiger partial charge on any atom is -0.462 e. The summed E-state index contributed by atoms with van der Waals surface area (Å²) in [5.74, 6) is -0.545. The molecular formula is C15H15N3O3. The van der Waals surface area contributed by atoms with Crippen molar-refractivity contribution in [2.75, 3.05) is 11.9 Å². The first-order valence-electron chi connectivity index (χ1n) is 6.41. The number of primary amides is 1. The summed E-state index contributed by atoms with van der Waals surface area (Å²) in [5, 5.41) is 3.01. The van der Waals surface area contributed by atoms with Crippen LogP contribution in [0.15, 0.2) is 42.6 Å². The van der Waals surface area contributed by atoms with E-state index in [1.54, 1.807) is 49.5 Å². The number of nitrogens with one attached hydrogen (secondary N) is 1. The zero-order chi connectivity index (χ0) is 15.2. The lowest BCUT2D eigenvalue weighted by molar-refractivity contribution is 0.0527. The van der Waals surface area contributed by atoms with Gasteiger partial charge in [-0.15, -0.1) is 0 Å². The molecule has 0 aliphatic rings. The summed E-state index contributed by atoms with van der Waals surface area (Å²) in [4.78, 5) is 27.0. The first-order chi connectivity index (χ1) is 10.1. The van der Waals surface area contributed by atoms with Crippen molar-refractivity contribution in [3.8, 4) is 0 Å². The summed E-state index contributed by atoms with van der Waals surface area (Å²) in [6.07, 6.45) is 1.57. The van der Waals surface area contributed by atoms with Crippen molar-refractivity contribution >= 4 is 23.4 Å². The third-order valence-corrected chi connectivity index (χ3v) is 2.74. The molecule has 0 radical (unpaired) electrons. The van der Waals surface area contributed by atoms with Crippen LogP contribution in [0.2, 0.25) is 0 Å². The second-order valence-electron chi connectivity index (χ2n) is 4.19. The van der Waals surface area contributed by atoms with Gasteiger partial charge in [-0.05, 0) is 43.3 Å². The smallest absolute Gasteiger partial charge is 0.341 e. The highest BCUT2D eigenvalue weighted by atomic mass is 16.5. The van der Waals surface area contributed by atoms with Gasteiger partial charge in [0.2, 0.25) is 5.91 Å². The SMILES string of the molecule is CCOC(=O)c1cccnc1Nc1ccc(C(N)=O)cc1. The van der Waals surface area contributed by atoms with Crippen LogP contribution in [0.1, 0.15) is 27.6 Å². The molecule has 6 heteroatoms. The Labute approximate surface area is 121 Å². The number of anilines is 2. The molecule has 0 saturated carbocycles. The number of nitrogens with zero attached hydrogens (tertiary/aromatic N) is 1. The molecule has 0 aliphatic carbocycles. The summed E-state index contributed by atoms with van der Waals surface area (Å²) in [6.45, 7) is 2.03. The van der Waals surface area contributed by atoms with Gasteiger partial charge in [-0.25, -0.2) is 9.78 Å². The monoisotopic (exact) mass is 285 g/mol. The summed E-state index contributed by atoms with van der Waals surface area (Å²) in [7, 11) is 0. The molecule has 2 rings (SSSR count). The largest absolute Gasteiger partial charge is 0.462 e. The fourth-order valence-corrected chi connectivity index (χ4v) is 1.73. The Kier molecular flexibility index (Phi) is 4.50. The number of aromatic nitrogens is 1. The van der Waals surface area contributed by atoms with E-state index in [0.717, 1.165) is 0 Å². The number of rotatable bonds is 5. The number of nitrogens with two attached hydrogens (primary N) is 1. The Hall–Kier alpha value is -2.89. The minimum atomic E-state index is -0.494. The van der Waals surface area contributed by atoms with Gasteiger partial charge in [0, 0.05) is 17.4 Å². The third-order valence-electron chi connectivity index (χ3n) is 2.74. The van der Waals surface area contributed by atoms with Crippen molar-refractivity contribution in [2.45, 2.75) is 6.92 Å². The first kappa shape index (κ1) is 14.5. The van der Waals surface area contributed by atoms with Gasteiger partial charge in [0.15, 0.2) is 0 Å². The van der Waals surface area contributed by atoms with E-state index in [9.17, 15) is 9.59 Å². The van der Waals surface area contributed by atoms with Gasteiger partial charge < -0.3 is 15.8 Å². The second-order valence-corrected chi connectivity index (χ2v) is 4.19. The fraction of sp³-hybridized carbons (Fsp3) is 0.133. The zero-order valence-electron chi connectivity index (χ0n) is 11.5. The lowest BCUT2D eigenvalue weighted by atomic mass is 10.2. The van der Waals surface area contributed by atoms with Crippen molar-refractivity contribution < 1.29 is 14.3 Å². The van der Waals surface area contributed by atoms with Gasteiger partial charge in [0.25, 0.3) is 0 Å². The Balaban J connectivity index is 2.23. The van der Waals surface area contributed by atoms with Gasteiger partial charge in [0.05, 0.1) is 6.61 Å². The lowest BCUT2D eigenvalue weighted by Gasteiger charge is -2.10. The van der Waals surface area contributed by atoms with Crippen LogP contribution in [0.25, 0.3) is 0 Å². The molecule has 0 aliphatic heterocycles. The zero-order valence-corrected chi connectivity index (χ0v) is 11.5. The Bertz CT molecular complexity index is 653. The normalized spacial score (nSPS) is 9.95. The van der Waals surface area contributed by atoms with Gasteiger partial charge in [-0.1, -0.05) is 0 Å². The van der Waals surface area contributed by atoms with Gasteiger partial charge in [-0.3, -0.25) is 4.79 Å². The number of ether oxygens (including phenoxy) is 1. The predicted molar refractivity (Wildman–Crippen MR) is 78.4 cm³/mol. The van der Waals surface area contributed by atoms with Crippen molar-refractivity contribution in [1.82, 2.24) is 4.98 Å². The molecule has 0 bridgehead atoms. The fourth-order valence-electron chi connectivity index (χ4n) is 1.73. The number of hydrogen-bond acceptors (Lipinski definition) is 5. The van der Waals surface area contributed by atoms with Crippen LogP contribution >= 0.6 is 0 Å². The molecular weight excluding hydrogens is 270 g/mol. The summed E-state index contributed by atoms with van der Waals surface area (Å²) in [6, 6.07) is 9.85. The number of hydrogen-bond donors (Lipinski definition) is 2. The highest BCUT2D eigenvalue weighted by Gasteiger charge is 2.13. The number of esters is 1. The van der Waals surface area contributed by atoms with E-state index in [0.29, 0.717) is 29.2 Å². The van der Waals surface area contributed by atoms with E-state index in [4.69, 9.17) is 10.5 Å². The molecule has 0 spiro atoms. The molecule has 21 heavy (non-hydrogen) atoms. The van der Waals surface area contributed by atoms with Gasteiger partial charge in [-0.2, -0.15) is 0 Å². The molecule has 108 valence electrons. The van der Waals surface area contributed by atoms with Crippen LogP contribution in [0.3, 0.4) is 0 Å². The molecule has 0 unspecified atom stereocenters. The minimum absolute atomic E-state index is 0.292. The molecule has 2 aromatic rings. The standard InChI is InChI=1S/C15H15N3O3/c1-2-21-15(20)12-4-3-9-17-14(12)18-11-7-5-10(6-8-11)13(16)19/h3-9H,2H2,1H3,(H2,16,19)(H,17,18). The summed E-state index contributed by atoms with van der Waals surface area (Å²) >= 11 is 0. The average molecular weight is 285 g/mol. The van der Waals surface area contributed by atoms with E-state index in [-0.39, 0.29) is 0 Å². The molecule has 1 aromatic heterocycles. The first-order valence-corrected chi connectivity index (χ1v) is 6.41. The molecule has 0 saturated heterocycles. The Morgan fingerprint density at radius 2 is 1.95 bits per heavy atom. The molecule has 1 heterocycles. The predicted octanol–water partition coefficient (Wildman–Crippen LogP) is 2.10. The average Bonchev–Trinajstić information content (AvgIpc) is 2.48. The van der Waals surface area contributed by atoms with Crippen LogP contribution in [-0.2, 0) is 4.74 Å². The van der Waals surface area contributed by atoms with Crippen molar-refractivity contribution in [3.63, 3.8) is 0 Å². The topological polar surface area (TPSA) is 94.3 Å². The van der Waals surface area contributed by atoms with Crippen LogP contribution in [0.4, 0.5) is 11.5 Å². The van der Waals surface area contributed by atoms with Crippen molar-refractivity contribution in [3.05, 3.63) is 53.7 Å². The molecule has 6 nitrogen and oxygen atoms in total. The highest BCUT2D eigenvalue weighted by Crippen LogP contribution is 2.19. The number of pyridine rings is 1. The highest BCUT2D eigenvalue weighted by molar-refractivity contribution is 5.96. The maximum absolute atomic E-state index is 11.8. The van der Waals surface area contributed by atoms with E-state index in [1.807, 2.05) is 0 Å². The van der Waals surface area contributed by atoms with E-state index in [2.05, 4.69) is 10.3 Å². The van der Waals surface area contributed by atoms with Crippen LogP contribution < -0.4 is 11.1 Å². The van der Waals surface area contributed by atoms with Crippen molar-refractivity contribution in [1.29, 1.82) is 0 Å². The molecule has 0 atom stereocenters. The Morgan fingerprint density at radius 3 is 2.57 bits per heavy atom. The number of benzene rings is 1. The maximum atomic E-state index is 11.8. The van der Waals surface area contributed by atoms with Crippen LogP contribution in [0.5, 0.6) is 0 Å². The molecule has 1 amide bonds. The summed E-state index contributed by atoms with van der Waals surface area (Å²) < 4.78 is 4.98. The number of carbonyl (C=O) groups is 2.